The van der Waals surface area contributed by atoms with Crippen LogP contribution < -0.4 is 4.90 Å². The van der Waals surface area contributed by atoms with E-state index >= 15 is 0 Å². The Morgan fingerprint density at radius 1 is 1.04 bits per heavy atom. The number of phenols is 1. The Morgan fingerprint density at radius 3 is 2.43 bits per heavy atom. The minimum atomic E-state index is 0.281. The lowest BCUT2D eigenvalue weighted by Crippen LogP contribution is -2.15. The van der Waals surface area contributed by atoms with Crippen molar-refractivity contribution in [3.63, 3.8) is 0 Å². The number of aryl methyl sites for hydroxylation is 1. The first kappa shape index (κ1) is 15.1. The van der Waals surface area contributed by atoms with Crippen LogP contribution in [-0.4, -0.2) is 26.9 Å². The van der Waals surface area contributed by atoms with Crippen LogP contribution in [0.3, 0.4) is 0 Å². The van der Waals surface area contributed by atoms with Crippen molar-refractivity contribution in [2.24, 2.45) is 7.05 Å². The maximum Gasteiger partial charge on any atom is 0.231 e. The molecule has 0 radical (unpaired) electrons. The third kappa shape index (κ3) is 3.04. The van der Waals surface area contributed by atoms with Crippen LogP contribution in [0.4, 0.5) is 11.6 Å². The monoisotopic (exact) mass is 308 g/mol. The Kier molecular flexibility index (Phi) is 4.02. The van der Waals surface area contributed by atoms with Gasteiger partial charge in [0.1, 0.15) is 11.6 Å². The molecule has 0 atom stereocenters. The standard InChI is InChI=1S/C18H20N4O/c1-13-8-10-15(11-9-13)21(2)18-20-19-17(22(18)3)12-14-6-4-5-7-16(14)23/h4-11,23H,12H2,1-3H3. The topological polar surface area (TPSA) is 54.2 Å². The molecule has 0 saturated heterocycles. The Hall–Kier alpha value is -2.82. The van der Waals surface area contributed by atoms with Crippen LogP contribution in [0, 0.1) is 6.92 Å². The lowest BCUT2D eigenvalue weighted by molar-refractivity contribution is 0.468. The number of aromatic nitrogens is 3. The van der Waals surface area contributed by atoms with E-state index in [4.69, 9.17) is 0 Å². The van der Waals surface area contributed by atoms with Gasteiger partial charge in [-0.15, -0.1) is 10.2 Å². The van der Waals surface area contributed by atoms with Gasteiger partial charge in [0.2, 0.25) is 5.95 Å². The molecule has 5 nitrogen and oxygen atoms in total. The molecule has 0 aliphatic heterocycles. The third-order valence-corrected chi connectivity index (χ3v) is 4.00. The number of benzene rings is 2. The Labute approximate surface area is 135 Å². The number of nitrogens with zero attached hydrogens (tertiary/aromatic N) is 4. The SMILES string of the molecule is Cc1ccc(N(C)c2nnc(Cc3ccccc3O)n2C)cc1. The Bertz CT molecular complexity index is 808. The minimum absolute atomic E-state index is 0.281. The molecule has 0 bridgehead atoms. The molecule has 0 spiro atoms. The summed E-state index contributed by atoms with van der Waals surface area (Å²) in [5, 5.41) is 18.5. The average molecular weight is 308 g/mol. The zero-order chi connectivity index (χ0) is 16.4. The number of aromatic hydroxyl groups is 1. The fourth-order valence-electron chi connectivity index (χ4n) is 2.51. The molecule has 1 heterocycles. The predicted octanol–water partition coefficient (Wildman–Crippen LogP) is 3.19. The number of phenolic OH excluding ortho intramolecular Hbond substituents is 1. The largest absolute Gasteiger partial charge is 0.508 e. The summed E-state index contributed by atoms with van der Waals surface area (Å²) in [7, 11) is 3.91. The molecule has 0 aliphatic rings. The van der Waals surface area contributed by atoms with Gasteiger partial charge >= 0.3 is 0 Å². The van der Waals surface area contributed by atoms with E-state index in [2.05, 4.69) is 41.4 Å². The quantitative estimate of drug-likeness (QED) is 0.804. The van der Waals surface area contributed by atoms with Gasteiger partial charge in [0.05, 0.1) is 0 Å². The molecule has 1 N–H and O–H groups in total. The lowest BCUT2D eigenvalue weighted by Gasteiger charge is -2.18. The van der Waals surface area contributed by atoms with Gasteiger partial charge in [-0.2, -0.15) is 0 Å². The van der Waals surface area contributed by atoms with Crippen molar-refractivity contribution in [1.29, 1.82) is 0 Å². The van der Waals surface area contributed by atoms with Crippen LogP contribution in [0.1, 0.15) is 17.0 Å². The molecule has 0 fully saturated rings. The molecule has 5 heteroatoms. The highest BCUT2D eigenvalue weighted by Crippen LogP contribution is 2.24. The van der Waals surface area contributed by atoms with Crippen molar-refractivity contribution >= 4 is 11.6 Å². The Balaban J connectivity index is 1.87. The van der Waals surface area contributed by atoms with Crippen molar-refractivity contribution in [2.45, 2.75) is 13.3 Å². The van der Waals surface area contributed by atoms with E-state index < -0.39 is 0 Å². The minimum Gasteiger partial charge on any atom is -0.508 e. The number of anilines is 2. The lowest BCUT2D eigenvalue weighted by atomic mass is 10.1. The highest BCUT2D eigenvalue weighted by atomic mass is 16.3. The molecule has 3 rings (SSSR count). The van der Waals surface area contributed by atoms with E-state index in [9.17, 15) is 5.11 Å². The van der Waals surface area contributed by atoms with Gasteiger partial charge in [0, 0.05) is 31.8 Å². The molecule has 0 amide bonds. The van der Waals surface area contributed by atoms with E-state index in [0.29, 0.717) is 6.42 Å². The van der Waals surface area contributed by atoms with Crippen LogP contribution in [0.5, 0.6) is 5.75 Å². The normalized spacial score (nSPS) is 10.7. The van der Waals surface area contributed by atoms with Gasteiger partial charge in [-0.1, -0.05) is 35.9 Å². The maximum absolute atomic E-state index is 9.91. The summed E-state index contributed by atoms with van der Waals surface area (Å²) in [6.45, 7) is 2.07. The smallest absolute Gasteiger partial charge is 0.231 e. The zero-order valence-corrected chi connectivity index (χ0v) is 13.6. The summed E-state index contributed by atoms with van der Waals surface area (Å²) in [6.07, 6.45) is 0.540. The summed E-state index contributed by atoms with van der Waals surface area (Å²) in [5.74, 6) is 1.85. The third-order valence-electron chi connectivity index (χ3n) is 4.00. The molecular weight excluding hydrogens is 288 g/mol. The van der Waals surface area contributed by atoms with Gasteiger partial charge < -0.3 is 10.0 Å². The summed E-state index contributed by atoms with van der Waals surface area (Å²) in [6, 6.07) is 15.6. The van der Waals surface area contributed by atoms with Gasteiger partial charge in [-0.05, 0) is 25.1 Å². The van der Waals surface area contributed by atoms with Crippen molar-refractivity contribution < 1.29 is 5.11 Å². The first-order valence-corrected chi connectivity index (χ1v) is 7.52. The second-order valence-corrected chi connectivity index (χ2v) is 5.68. The van der Waals surface area contributed by atoms with Crippen LogP contribution in [0.2, 0.25) is 0 Å². The van der Waals surface area contributed by atoms with Crippen LogP contribution >= 0.6 is 0 Å². The van der Waals surface area contributed by atoms with Crippen LogP contribution in [0.25, 0.3) is 0 Å². The number of rotatable bonds is 4. The summed E-state index contributed by atoms with van der Waals surface area (Å²) in [5.41, 5.74) is 3.12. The number of para-hydroxylation sites is 1. The first-order valence-electron chi connectivity index (χ1n) is 7.52. The summed E-state index contributed by atoms with van der Waals surface area (Å²) < 4.78 is 1.95. The van der Waals surface area contributed by atoms with E-state index in [1.54, 1.807) is 6.07 Å². The van der Waals surface area contributed by atoms with Crippen molar-refractivity contribution in [1.82, 2.24) is 14.8 Å². The molecule has 0 saturated carbocycles. The molecule has 0 unspecified atom stereocenters. The molecule has 2 aromatic carbocycles. The molecule has 118 valence electrons. The summed E-state index contributed by atoms with van der Waals surface area (Å²) in [4.78, 5) is 2.00. The first-order chi connectivity index (χ1) is 11.1. The highest BCUT2D eigenvalue weighted by Gasteiger charge is 2.15. The predicted molar refractivity (Wildman–Crippen MR) is 91.2 cm³/mol. The fraction of sp³-hybridized carbons (Fsp3) is 0.222. The second-order valence-electron chi connectivity index (χ2n) is 5.68. The van der Waals surface area contributed by atoms with Gasteiger partial charge in [-0.3, -0.25) is 4.57 Å². The number of hydrogen-bond donors (Lipinski definition) is 1. The van der Waals surface area contributed by atoms with E-state index in [0.717, 1.165) is 23.0 Å². The average Bonchev–Trinajstić information content (AvgIpc) is 2.91. The second kappa shape index (κ2) is 6.12. The molecular formula is C18H20N4O. The maximum atomic E-state index is 9.91. The molecule has 0 aliphatic carbocycles. The van der Waals surface area contributed by atoms with E-state index in [-0.39, 0.29) is 5.75 Å². The molecule has 3 aromatic rings. The van der Waals surface area contributed by atoms with E-state index in [1.165, 1.54) is 5.56 Å². The molecule has 23 heavy (non-hydrogen) atoms. The van der Waals surface area contributed by atoms with Crippen molar-refractivity contribution in [3.8, 4) is 5.75 Å². The van der Waals surface area contributed by atoms with Gasteiger partial charge in [-0.25, -0.2) is 0 Å². The Morgan fingerprint density at radius 2 is 1.74 bits per heavy atom. The van der Waals surface area contributed by atoms with Crippen LogP contribution in [0.15, 0.2) is 48.5 Å². The summed E-state index contributed by atoms with van der Waals surface area (Å²) >= 11 is 0. The van der Waals surface area contributed by atoms with Gasteiger partial charge in [0.15, 0.2) is 0 Å². The number of hydrogen-bond acceptors (Lipinski definition) is 4. The van der Waals surface area contributed by atoms with Gasteiger partial charge in [0.25, 0.3) is 0 Å². The zero-order valence-electron chi connectivity index (χ0n) is 13.6. The fourth-order valence-corrected chi connectivity index (χ4v) is 2.51. The van der Waals surface area contributed by atoms with Crippen molar-refractivity contribution in [2.75, 3.05) is 11.9 Å². The van der Waals surface area contributed by atoms with Crippen molar-refractivity contribution in [3.05, 3.63) is 65.5 Å². The van der Waals surface area contributed by atoms with Crippen LogP contribution in [-0.2, 0) is 13.5 Å². The van der Waals surface area contributed by atoms with E-state index in [1.807, 2.05) is 41.8 Å². The molecule has 1 aromatic heterocycles. The highest BCUT2D eigenvalue weighted by molar-refractivity contribution is 5.57.